The Balaban J connectivity index is 1.81. The molecule has 0 fully saturated rings. The van der Waals surface area contributed by atoms with Gasteiger partial charge in [0.1, 0.15) is 0 Å². The minimum atomic E-state index is -0.155. The van der Waals surface area contributed by atoms with Crippen LogP contribution in [-0.2, 0) is 17.8 Å². The number of thiophene rings is 1. The first kappa shape index (κ1) is 13.5. The summed E-state index contributed by atoms with van der Waals surface area (Å²) < 4.78 is 1.36. The molecule has 100 valence electrons. The van der Waals surface area contributed by atoms with E-state index in [4.69, 9.17) is 0 Å². The van der Waals surface area contributed by atoms with Gasteiger partial charge in [0.05, 0.1) is 18.7 Å². The normalized spacial score (nSPS) is 10.4. The summed E-state index contributed by atoms with van der Waals surface area (Å²) >= 11 is 1.56. The molecule has 1 N–H and O–H groups in total. The van der Waals surface area contributed by atoms with Crippen molar-refractivity contribution in [2.75, 3.05) is 6.54 Å². The van der Waals surface area contributed by atoms with Gasteiger partial charge in [-0.15, -0.1) is 11.3 Å². The second-order valence-electron chi connectivity index (χ2n) is 4.14. The summed E-state index contributed by atoms with van der Waals surface area (Å²) in [5.74, 6) is -0.0387. The Morgan fingerprint density at radius 3 is 3.00 bits per heavy atom. The SMILES string of the molecule is Cc1ccc(=O)n(CCNC(=O)Cc2cccs2)n1. The molecule has 0 unspecified atom stereocenters. The fraction of sp³-hybridized carbons (Fsp3) is 0.308. The molecule has 0 bridgehead atoms. The van der Waals surface area contributed by atoms with Gasteiger partial charge in [0.2, 0.25) is 5.91 Å². The van der Waals surface area contributed by atoms with Crippen LogP contribution in [0.15, 0.2) is 34.4 Å². The summed E-state index contributed by atoms with van der Waals surface area (Å²) in [7, 11) is 0. The summed E-state index contributed by atoms with van der Waals surface area (Å²) in [5, 5.41) is 8.83. The Kier molecular flexibility index (Phi) is 4.46. The fourth-order valence-corrected chi connectivity index (χ4v) is 2.35. The summed E-state index contributed by atoms with van der Waals surface area (Å²) in [6.45, 7) is 2.61. The minimum absolute atomic E-state index is 0.0387. The maximum Gasteiger partial charge on any atom is 0.266 e. The average Bonchev–Trinajstić information content (AvgIpc) is 2.86. The third-order valence-corrected chi connectivity index (χ3v) is 3.44. The summed E-state index contributed by atoms with van der Waals surface area (Å²) in [5.41, 5.74) is 0.627. The molecule has 2 aromatic rings. The van der Waals surface area contributed by atoms with Crippen LogP contribution in [0.1, 0.15) is 10.6 Å². The van der Waals surface area contributed by atoms with Crippen molar-refractivity contribution in [3.8, 4) is 0 Å². The highest BCUT2D eigenvalue weighted by atomic mass is 32.1. The molecule has 0 saturated heterocycles. The van der Waals surface area contributed by atoms with E-state index in [1.165, 1.54) is 10.7 Å². The third-order valence-electron chi connectivity index (χ3n) is 2.56. The van der Waals surface area contributed by atoms with E-state index in [9.17, 15) is 9.59 Å². The van der Waals surface area contributed by atoms with Crippen molar-refractivity contribution in [2.24, 2.45) is 0 Å². The number of amides is 1. The van der Waals surface area contributed by atoms with Crippen LogP contribution in [0.5, 0.6) is 0 Å². The van der Waals surface area contributed by atoms with Crippen LogP contribution in [0.3, 0.4) is 0 Å². The van der Waals surface area contributed by atoms with Crippen LogP contribution in [0.25, 0.3) is 0 Å². The number of aromatic nitrogens is 2. The fourth-order valence-electron chi connectivity index (χ4n) is 1.65. The Morgan fingerprint density at radius 2 is 2.26 bits per heavy atom. The van der Waals surface area contributed by atoms with Crippen molar-refractivity contribution >= 4 is 17.2 Å². The van der Waals surface area contributed by atoms with Crippen LogP contribution in [0, 0.1) is 6.92 Å². The van der Waals surface area contributed by atoms with Gasteiger partial charge in [-0.2, -0.15) is 5.10 Å². The second-order valence-corrected chi connectivity index (χ2v) is 5.17. The second kappa shape index (κ2) is 6.29. The van der Waals surface area contributed by atoms with Crippen LogP contribution in [0.4, 0.5) is 0 Å². The lowest BCUT2D eigenvalue weighted by molar-refractivity contribution is -0.120. The number of nitrogens with zero attached hydrogens (tertiary/aromatic N) is 2. The van der Waals surface area contributed by atoms with Gasteiger partial charge in [-0.05, 0) is 24.4 Å². The monoisotopic (exact) mass is 277 g/mol. The first-order chi connectivity index (χ1) is 9.15. The summed E-state index contributed by atoms with van der Waals surface area (Å²) in [6, 6.07) is 7.00. The zero-order chi connectivity index (χ0) is 13.7. The van der Waals surface area contributed by atoms with Gasteiger partial charge in [0, 0.05) is 17.5 Å². The zero-order valence-electron chi connectivity index (χ0n) is 10.6. The van der Waals surface area contributed by atoms with Gasteiger partial charge < -0.3 is 5.32 Å². The lowest BCUT2D eigenvalue weighted by atomic mass is 10.3. The van der Waals surface area contributed by atoms with E-state index in [-0.39, 0.29) is 11.5 Å². The van der Waals surface area contributed by atoms with Gasteiger partial charge in [0.15, 0.2) is 0 Å². The predicted molar refractivity (Wildman–Crippen MR) is 74.3 cm³/mol. The van der Waals surface area contributed by atoms with Gasteiger partial charge in [-0.3, -0.25) is 9.59 Å². The molecule has 0 radical (unpaired) electrons. The molecule has 0 aliphatic rings. The number of nitrogens with one attached hydrogen (secondary N) is 1. The largest absolute Gasteiger partial charge is 0.354 e. The van der Waals surface area contributed by atoms with E-state index in [1.54, 1.807) is 17.4 Å². The average molecular weight is 277 g/mol. The van der Waals surface area contributed by atoms with E-state index < -0.39 is 0 Å². The summed E-state index contributed by atoms with van der Waals surface area (Å²) in [4.78, 5) is 24.2. The predicted octanol–water partition coefficient (Wildman–Crippen LogP) is 0.972. The van der Waals surface area contributed by atoms with Crippen LogP contribution >= 0.6 is 11.3 Å². The highest BCUT2D eigenvalue weighted by Crippen LogP contribution is 2.08. The van der Waals surface area contributed by atoms with Crippen molar-refractivity contribution in [1.29, 1.82) is 0 Å². The molecule has 2 rings (SSSR count). The molecule has 0 spiro atoms. The van der Waals surface area contributed by atoms with Gasteiger partial charge >= 0.3 is 0 Å². The molecule has 0 saturated carbocycles. The van der Waals surface area contributed by atoms with E-state index in [0.29, 0.717) is 19.5 Å². The first-order valence-electron chi connectivity index (χ1n) is 5.99. The third kappa shape index (κ3) is 4.03. The number of hydrogen-bond acceptors (Lipinski definition) is 4. The minimum Gasteiger partial charge on any atom is -0.354 e. The molecule has 0 aliphatic heterocycles. The van der Waals surface area contributed by atoms with Crippen molar-refractivity contribution in [1.82, 2.24) is 15.1 Å². The standard InChI is InChI=1S/C13H15N3O2S/c1-10-4-5-13(18)16(15-10)7-6-14-12(17)9-11-3-2-8-19-11/h2-5,8H,6-7,9H2,1H3,(H,14,17). The van der Waals surface area contributed by atoms with Crippen LogP contribution < -0.4 is 10.9 Å². The number of aryl methyl sites for hydroxylation is 1. The molecule has 6 heteroatoms. The first-order valence-corrected chi connectivity index (χ1v) is 6.87. The molecule has 2 aromatic heterocycles. The summed E-state index contributed by atoms with van der Waals surface area (Å²) in [6.07, 6.45) is 0.383. The van der Waals surface area contributed by atoms with Gasteiger partial charge in [-0.1, -0.05) is 6.07 Å². The highest BCUT2D eigenvalue weighted by molar-refractivity contribution is 7.10. The molecule has 0 aromatic carbocycles. The maximum atomic E-state index is 11.6. The van der Waals surface area contributed by atoms with Gasteiger partial charge in [0.25, 0.3) is 5.56 Å². The molecular formula is C13H15N3O2S. The maximum absolute atomic E-state index is 11.6. The molecule has 2 heterocycles. The van der Waals surface area contributed by atoms with E-state index in [2.05, 4.69) is 10.4 Å². The quantitative estimate of drug-likeness (QED) is 0.886. The van der Waals surface area contributed by atoms with Crippen LogP contribution in [-0.4, -0.2) is 22.2 Å². The molecule has 19 heavy (non-hydrogen) atoms. The highest BCUT2D eigenvalue weighted by Gasteiger charge is 2.04. The Hall–Kier alpha value is -1.95. The smallest absolute Gasteiger partial charge is 0.266 e. The number of carbonyl (C=O) groups excluding carboxylic acids is 1. The molecule has 0 atom stereocenters. The lowest BCUT2D eigenvalue weighted by Crippen LogP contribution is -2.32. The van der Waals surface area contributed by atoms with Crippen molar-refractivity contribution < 1.29 is 4.79 Å². The molecular weight excluding hydrogens is 262 g/mol. The van der Waals surface area contributed by atoms with Gasteiger partial charge in [-0.25, -0.2) is 4.68 Å². The van der Waals surface area contributed by atoms with Crippen LogP contribution in [0.2, 0.25) is 0 Å². The van der Waals surface area contributed by atoms with E-state index in [0.717, 1.165) is 10.6 Å². The lowest BCUT2D eigenvalue weighted by Gasteiger charge is -2.06. The Labute approximate surface area is 114 Å². The topological polar surface area (TPSA) is 64.0 Å². The number of carbonyl (C=O) groups is 1. The van der Waals surface area contributed by atoms with E-state index >= 15 is 0 Å². The molecule has 1 amide bonds. The Morgan fingerprint density at radius 1 is 1.42 bits per heavy atom. The van der Waals surface area contributed by atoms with Crippen molar-refractivity contribution in [2.45, 2.75) is 19.9 Å². The number of rotatable bonds is 5. The number of hydrogen-bond donors (Lipinski definition) is 1. The molecule has 5 nitrogen and oxygen atoms in total. The van der Waals surface area contributed by atoms with Crippen molar-refractivity contribution in [3.63, 3.8) is 0 Å². The molecule has 0 aliphatic carbocycles. The zero-order valence-corrected chi connectivity index (χ0v) is 11.4. The van der Waals surface area contributed by atoms with E-state index in [1.807, 2.05) is 24.4 Å². The van der Waals surface area contributed by atoms with Crippen molar-refractivity contribution in [3.05, 3.63) is 50.6 Å². The Bertz CT molecular complexity index is 605.